The summed E-state index contributed by atoms with van der Waals surface area (Å²) in [5.74, 6) is 0.563. The summed E-state index contributed by atoms with van der Waals surface area (Å²) in [7, 11) is 0. The number of aromatic nitrogens is 2. The molecule has 3 aromatic rings. The third-order valence-corrected chi connectivity index (χ3v) is 6.49. The van der Waals surface area contributed by atoms with Crippen molar-refractivity contribution in [2.45, 2.75) is 46.0 Å². The molecule has 1 unspecified atom stereocenters. The van der Waals surface area contributed by atoms with Gasteiger partial charge in [-0.25, -0.2) is 0 Å². The van der Waals surface area contributed by atoms with Crippen molar-refractivity contribution in [3.63, 3.8) is 0 Å². The van der Waals surface area contributed by atoms with Crippen molar-refractivity contribution in [1.29, 1.82) is 0 Å². The second-order valence-corrected chi connectivity index (χ2v) is 8.35. The fraction of sp³-hybridized carbons (Fsp3) is 0.444. The minimum absolute atomic E-state index is 0.195. The summed E-state index contributed by atoms with van der Waals surface area (Å²) in [4.78, 5) is 23.4. The van der Waals surface area contributed by atoms with Crippen LogP contribution in [-0.4, -0.2) is 18.6 Å². The Morgan fingerprint density at radius 2 is 1.93 bits per heavy atom. The second kappa shape index (κ2) is 8.70. The molecule has 148 valence electrons. The lowest BCUT2D eigenvalue weighted by atomic mass is 9.95. The normalized spacial score (nSPS) is 12.4. The minimum Gasteiger partial charge on any atom is -0.258 e. The molecule has 0 aliphatic heterocycles. The summed E-state index contributed by atoms with van der Waals surface area (Å²) in [6.45, 7) is 4.34. The van der Waals surface area contributed by atoms with Crippen LogP contribution >= 0.6 is 23.1 Å². The van der Waals surface area contributed by atoms with Crippen LogP contribution in [0.3, 0.4) is 0 Å². The van der Waals surface area contributed by atoms with E-state index in [1.165, 1.54) is 17.8 Å². The third kappa shape index (κ3) is 4.02. The molecule has 0 amide bonds. The van der Waals surface area contributed by atoms with E-state index in [0.29, 0.717) is 21.8 Å². The Morgan fingerprint density at radius 1 is 1.14 bits per heavy atom. The molecule has 0 spiro atoms. The molecule has 1 aromatic carbocycles. The molecule has 0 saturated heterocycles. The molecule has 0 aliphatic rings. The van der Waals surface area contributed by atoms with Crippen molar-refractivity contribution in [2.24, 2.45) is 5.92 Å². The molecule has 2 heterocycles. The van der Waals surface area contributed by atoms with Gasteiger partial charge in [0, 0.05) is 9.75 Å². The standard InChI is InChI=1S/C18H20N4O4S2/c1-3-5-6-11(4-2)9-12-7-8-15(27-12)16-17-13(19-28-20-17)10-14(21(23)24)18(16)22(25)26/h7-8,10-11H,3-6,9H2,1-2H3. The Bertz CT molecular complexity index is 1010. The van der Waals surface area contributed by atoms with E-state index in [9.17, 15) is 20.2 Å². The zero-order chi connectivity index (χ0) is 20.3. The third-order valence-electron chi connectivity index (χ3n) is 4.82. The van der Waals surface area contributed by atoms with Crippen molar-refractivity contribution in [2.75, 3.05) is 0 Å². The van der Waals surface area contributed by atoms with Gasteiger partial charge in [-0.2, -0.15) is 8.75 Å². The first-order valence-corrected chi connectivity index (χ1v) is 10.7. The molecule has 28 heavy (non-hydrogen) atoms. The summed E-state index contributed by atoms with van der Waals surface area (Å²) in [5.41, 5.74) is -0.225. The van der Waals surface area contributed by atoms with Crippen molar-refractivity contribution in [3.8, 4) is 10.4 Å². The zero-order valence-electron chi connectivity index (χ0n) is 15.6. The van der Waals surface area contributed by atoms with Crippen LogP contribution in [0.2, 0.25) is 0 Å². The predicted molar refractivity (Wildman–Crippen MR) is 111 cm³/mol. The summed E-state index contributed by atoms with van der Waals surface area (Å²) in [6, 6.07) is 4.90. The molecule has 0 aliphatic carbocycles. The van der Waals surface area contributed by atoms with E-state index in [0.717, 1.165) is 48.4 Å². The Hall–Kier alpha value is -2.46. The van der Waals surface area contributed by atoms with Crippen LogP contribution in [0.25, 0.3) is 21.5 Å². The van der Waals surface area contributed by atoms with Gasteiger partial charge >= 0.3 is 11.4 Å². The highest BCUT2D eigenvalue weighted by Gasteiger charge is 2.34. The molecule has 3 rings (SSSR count). The maximum Gasteiger partial charge on any atom is 0.356 e. The fourth-order valence-electron chi connectivity index (χ4n) is 3.31. The molecular formula is C18H20N4O4S2. The van der Waals surface area contributed by atoms with Gasteiger partial charge in [-0.1, -0.05) is 39.5 Å². The summed E-state index contributed by atoms with van der Waals surface area (Å²) in [6.07, 6.45) is 5.46. The van der Waals surface area contributed by atoms with Gasteiger partial charge < -0.3 is 0 Å². The van der Waals surface area contributed by atoms with Crippen LogP contribution in [-0.2, 0) is 6.42 Å². The number of unbranched alkanes of at least 4 members (excludes halogenated alkanes) is 1. The molecule has 8 nitrogen and oxygen atoms in total. The van der Waals surface area contributed by atoms with Crippen LogP contribution in [0.15, 0.2) is 18.2 Å². The minimum atomic E-state index is -0.729. The van der Waals surface area contributed by atoms with E-state index in [2.05, 4.69) is 22.6 Å². The molecular weight excluding hydrogens is 400 g/mol. The largest absolute Gasteiger partial charge is 0.356 e. The Balaban J connectivity index is 2.07. The van der Waals surface area contributed by atoms with Crippen molar-refractivity contribution in [3.05, 3.63) is 43.3 Å². The second-order valence-electron chi connectivity index (χ2n) is 6.65. The van der Waals surface area contributed by atoms with Gasteiger partial charge in [-0.15, -0.1) is 11.3 Å². The Labute approximate surface area is 169 Å². The number of nitrogens with zero attached hydrogens (tertiary/aromatic N) is 4. The van der Waals surface area contributed by atoms with Crippen LogP contribution in [0, 0.1) is 26.1 Å². The maximum absolute atomic E-state index is 11.7. The Kier molecular flexibility index (Phi) is 6.30. The van der Waals surface area contributed by atoms with E-state index in [1.807, 2.05) is 6.07 Å². The van der Waals surface area contributed by atoms with E-state index >= 15 is 0 Å². The molecule has 2 aromatic heterocycles. The highest BCUT2D eigenvalue weighted by Crippen LogP contribution is 2.45. The fourth-order valence-corrected chi connectivity index (χ4v) is 5.01. The summed E-state index contributed by atoms with van der Waals surface area (Å²) >= 11 is 2.34. The lowest BCUT2D eigenvalue weighted by molar-refractivity contribution is -0.421. The lowest BCUT2D eigenvalue weighted by Crippen LogP contribution is -2.01. The average molecular weight is 421 g/mol. The summed E-state index contributed by atoms with van der Waals surface area (Å²) < 4.78 is 8.23. The molecule has 0 bridgehead atoms. The number of fused-ring (bicyclic) bond motifs is 1. The number of nitro benzene ring substituents is 2. The average Bonchev–Trinajstić information content (AvgIpc) is 3.32. The van der Waals surface area contributed by atoms with Gasteiger partial charge in [0.05, 0.1) is 27.6 Å². The first-order valence-electron chi connectivity index (χ1n) is 9.13. The van der Waals surface area contributed by atoms with Crippen molar-refractivity contribution < 1.29 is 9.85 Å². The molecule has 0 N–H and O–H groups in total. The number of benzene rings is 1. The zero-order valence-corrected chi connectivity index (χ0v) is 17.2. The highest BCUT2D eigenvalue weighted by molar-refractivity contribution is 7.15. The van der Waals surface area contributed by atoms with Crippen molar-refractivity contribution in [1.82, 2.24) is 8.75 Å². The quantitative estimate of drug-likeness (QED) is 0.310. The SMILES string of the molecule is CCCCC(CC)Cc1ccc(-c2c([N+](=O)[O-])c([N+](=O)[O-])cc3nsnc23)s1. The molecule has 10 heteroatoms. The van der Waals surface area contributed by atoms with Crippen LogP contribution < -0.4 is 0 Å². The van der Waals surface area contributed by atoms with Gasteiger partial charge in [-0.3, -0.25) is 20.2 Å². The van der Waals surface area contributed by atoms with Crippen LogP contribution in [0.1, 0.15) is 44.4 Å². The summed E-state index contributed by atoms with van der Waals surface area (Å²) in [5, 5.41) is 23.1. The number of rotatable bonds is 9. The van der Waals surface area contributed by atoms with Gasteiger partial charge in [0.2, 0.25) is 0 Å². The Morgan fingerprint density at radius 3 is 2.57 bits per heavy atom. The van der Waals surface area contributed by atoms with E-state index in [1.54, 1.807) is 6.07 Å². The highest BCUT2D eigenvalue weighted by atomic mass is 32.1. The molecule has 0 saturated carbocycles. The monoisotopic (exact) mass is 420 g/mol. The number of thiophene rings is 1. The predicted octanol–water partition coefficient (Wildman–Crippen LogP) is 6.00. The van der Waals surface area contributed by atoms with Crippen molar-refractivity contribution >= 4 is 45.5 Å². The van der Waals surface area contributed by atoms with Gasteiger partial charge in [0.1, 0.15) is 16.6 Å². The van der Waals surface area contributed by atoms with Crippen LogP contribution in [0.5, 0.6) is 0 Å². The first-order chi connectivity index (χ1) is 13.5. The van der Waals surface area contributed by atoms with Gasteiger partial charge in [-0.05, 0) is 24.5 Å². The molecule has 0 radical (unpaired) electrons. The lowest BCUT2D eigenvalue weighted by Gasteiger charge is -2.12. The van der Waals surface area contributed by atoms with E-state index in [4.69, 9.17) is 0 Å². The molecule has 1 atom stereocenters. The van der Waals surface area contributed by atoms with E-state index in [-0.39, 0.29) is 5.56 Å². The van der Waals surface area contributed by atoms with Gasteiger partial charge in [0.15, 0.2) is 0 Å². The number of hydrogen-bond donors (Lipinski definition) is 0. The maximum atomic E-state index is 11.7. The van der Waals surface area contributed by atoms with Gasteiger partial charge in [0.25, 0.3) is 0 Å². The topological polar surface area (TPSA) is 112 Å². The first kappa shape index (κ1) is 20.3. The molecule has 0 fully saturated rings. The van der Waals surface area contributed by atoms with E-state index < -0.39 is 21.2 Å². The smallest absolute Gasteiger partial charge is 0.258 e. The van der Waals surface area contributed by atoms with Crippen LogP contribution in [0.4, 0.5) is 11.4 Å². The number of nitro groups is 2. The number of hydrogen-bond acceptors (Lipinski definition) is 8.